The number of rotatable bonds is 9. The Morgan fingerprint density at radius 3 is 2.36 bits per heavy atom. The summed E-state index contributed by atoms with van der Waals surface area (Å²) in [4.78, 5) is 26.7. The van der Waals surface area contributed by atoms with Crippen molar-refractivity contribution in [2.24, 2.45) is 0 Å². The predicted molar refractivity (Wildman–Crippen MR) is 131 cm³/mol. The number of aryl methyl sites for hydroxylation is 1. The summed E-state index contributed by atoms with van der Waals surface area (Å²) in [5.41, 5.74) is 0.0946. The van der Waals surface area contributed by atoms with Crippen molar-refractivity contribution >= 4 is 15.9 Å². The Hall–Kier alpha value is -1.29. The molecule has 1 aromatic rings. The van der Waals surface area contributed by atoms with Crippen molar-refractivity contribution in [1.29, 1.82) is 0 Å². The average molecular weight is 503 g/mol. The van der Waals surface area contributed by atoms with Gasteiger partial charge >= 0.3 is 13.3 Å². The van der Waals surface area contributed by atoms with E-state index in [-0.39, 0.29) is 24.4 Å². The van der Waals surface area contributed by atoms with Crippen LogP contribution in [0.5, 0.6) is 0 Å². The van der Waals surface area contributed by atoms with Gasteiger partial charge in [0.15, 0.2) is 8.32 Å². The van der Waals surface area contributed by atoms with Crippen LogP contribution in [-0.2, 0) is 22.8 Å². The Morgan fingerprint density at radius 1 is 1.27 bits per heavy atom. The Kier molecular flexibility index (Phi) is 8.93. The minimum Gasteiger partial charge on any atom is -0.411 e. The van der Waals surface area contributed by atoms with Crippen molar-refractivity contribution in [3.8, 4) is 0 Å². The third kappa shape index (κ3) is 6.65. The highest BCUT2D eigenvalue weighted by Crippen LogP contribution is 2.52. The molecule has 188 valence electrons. The number of ether oxygens (including phenoxy) is 1. The lowest BCUT2D eigenvalue weighted by Gasteiger charge is -2.39. The maximum atomic E-state index is 13.1. The molecule has 2 rings (SSSR count). The summed E-state index contributed by atoms with van der Waals surface area (Å²) in [5.74, 6) is 1.50. The lowest BCUT2D eigenvalue weighted by molar-refractivity contribution is 0.000618. The normalized spacial score (nSPS) is 22.7. The van der Waals surface area contributed by atoms with Crippen molar-refractivity contribution in [3.05, 3.63) is 44.0 Å². The molecule has 1 aliphatic rings. The molecule has 0 amide bonds. The van der Waals surface area contributed by atoms with E-state index in [0.29, 0.717) is 17.6 Å². The fourth-order valence-corrected chi connectivity index (χ4v) is 6.39. The Labute approximate surface area is 197 Å². The molecule has 1 N–H and O–H groups in total. The molecule has 0 spiro atoms. The van der Waals surface area contributed by atoms with Gasteiger partial charge in [0.25, 0.3) is 5.56 Å². The van der Waals surface area contributed by atoms with E-state index in [1.165, 1.54) is 16.6 Å². The minimum atomic E-state index is -3.46. The number of nitrogens with one attached hydrogen (secondary N) is 1. The number of hydrogen-bond donors (Lipinski definition) is 1. The van der Waals surface area contributed by atoms with Crippen molar-refractivity contribution in [1.82, 2.24) is 9.55 Å². The predicted octanol–water partition coefficient (Wildman–Crippen LogP) is 4.69. The van der Waals surface area contributed by atoms with Crippen molar-refractivity contribution < 1.29 is 22.8 Å². The standard InChI is InChI=1S/C22H39N2O7PSi/c1-10-28-32(27,29-11-2)14-16(4)19-17(31-33(8,9)22(5,6)7)12-18(30-19)24-13-15(3)20(25)23-21(24)26/h13-14,17-19H,10-12H2,1-9H3,(H,23,25,26)/b16-14+/t17?,18-,19-/m1/s1. The van der Waals surface area contributed by atoms with Crippen LogP contribution in [0.25, 0.3) is 0 Å². The van der Waals surface area contributed by atoms with Crippen LogP contribution in [0, 0.1) is 6.92 Å². The molecule has 0 bridgehead atoms. The highest BCUT2D eigenvalue weighted by molar-refractivity contribution is 7.57. The van der Waals surface area contributed by atoms with Crippen LogP contribution in [0.4, 0.5) is 0 Å². The monoisotopic (exact) mass is 502 g/mol. The van der Waals surface area contributed by atoms with Crippen LogP contribution in [0.3, 0.4) is 0 Å². The Morgan fingerprint density at radius 2 is 1.85 bits per heavy atom. The van der Waals surface area contributed by atoms with Crippen LogP contribution in [0.1, 0.15) is 59.8 Å². The van der Waals surface area contributed by atoms with Gasteiger partial charge in [0, 0.05) is 24.0 Å². The highest BCUT2D eigenvalue weighted by atomic mass is 31.2. The SMILES string of the molecule is CCOP(=O)(/C=C(\C)[C@H]1O[C@@H](n2cc(C)c(=O)[nH]c2=O)CC1O[Si](C)(C)C(C)(C)C)OCC. The maximum absolute atomic E-state index is 13.1. The first-order chi connectivity index (χ1) is 15.1. The second-order valence-electron chi connectivity index (χ2n) is 9.89. The molecule has 0 aromatic carbocycles. The molecule has 1 unspecified atom stereocenters. The molecule has 0 saturated carbocycles. The molecule has 33 heavy (non-hydrogen) atoms. The van der Waals surface area contributed by atoms with E-state index < -0.39 is 39.5 Å². The largest absolute Gasteiger partial charge is 0.411 e. The maximum Gasteiger partial charge on any atom is 0.354 e. The summed E-state index contributed by atoms with van der Waals surface area (Å²) in [6.45, 7) is 18.2. The first kappa shape index (κ1) is 27.9. The summed E-state index contributed by atoms with van der Waals surface area (Å²) in [7, 11) is -5.65. The molecule has 0 radical (unpaired) electrons. The highest BCUT2D eigenvalue weighted by Gasteiger charge is 2.46. The molecule has 1 aromatic heterocycles. The van der Waals surface area contributed by atoms with Gasteiger partial charge in [-0.1, -0.05) is 20.8 Å². The van der Waals surface area contributed by atoms with Crippen LogP contribution in [0.2, 0.25) is 18.1 Å². The molecule has 3 atom stereocenters. The van der Waals surface area contributed by atoms with Gasteiger partial charge in [-0.3, -0.25) is 18.9 Å². The molecule has 0 aliphatic carbocycles. The summed E-state index contributed by atoms with van der Waals surface area (Å²) >= 11 is 0. The Bertz CT molecular complexity index is 1010. The lowest BCUT2D eigenvalue weighted by atomic mass is 10.1. The fourth-order valence-electron chi connectivity index (χ4n) is 3.47. The smallest absolute Gasteiger partial charge is 0.354 e. The molecule has 11 heteroatoms. The number of aromatic nitrogens is 2. The first-order valence-corrected chi connectivity index (χ1v) is 15.9. The van der Waals surface area contributed by atoms with E-state index in [1.807, 2.05) is 0 Å². The van der Waals surface area contributed by atoms with E-state index in [2.05, 4.69) is 38.8 Å². The zero-order valence-corrected chi connectivity index (χ0v) is 23.2. The zero-order chi connectivity index (χ0) is 25.2. The summed E-state index contributed by atoms with van der Waals surface area (Å²) in [6, 6.07) is 0. The van der Waals surface area contributed by atoms with Crippen molar-refractivity contribution in [2.45, 2.75) is 91.5 Å². The van der Waals surface area contributed by atoms with Gasteiger partial charge in [0.05, 0.1) is 19.3 Å². The summed E-state index contributed by atoms with van der Waals surface area (Å²) < 4.78 is 38.3. The zero-order valence-electron chi connectivity index (χ0n) is 21.3. The molecule has 2 heterocycles. The molecule has 1 saturated heterocycles. The number of aromatic amines is 1. The fraction of sp³-hybridized carbons (Fsp3) is 0.727. The topological polar surface area (TPSA) is 109 Å². The van der Waals surface area contributed by atoms with E-state index in [4.69, 9.17) is 18.2 Å². The average Bonchev–Trinajstić information content (AvgIpc) is 3.07. The van der Waals surface area contributed by atoms with E-state index >= 15 is 0 Å². The van der Waals surface area contributed by atoms with E-state index in [0.717, 1.165) is 0 Å². The molecular weight excluding hydrogens is 463 g/mol. The Balaban J connectivity index is 2.49. The van der Waals surface area contributed by atoms with Crippen LogP contribution in [0.15, 0.2) is 27.2 Å². The second kappa shape index (κ2) is 10.5. The van der Waals surface area contributed by atoms with Gasteiger partial charge in [0.1, 0.15) is 12.3 Å². The van der Waals surface area contributed by atoms with E-state index in [9.17, 15) is 14.2 Å². The third-order valence-electron chi connectivity index (χ3n) is 6.21. The van der Waals surface area contributed by atoms with Gasteiger partial charge in [0.2, 0.25) is 0 Å². The van der Waals surface area contributed by atoms with Gasteiger partial charge in [-0.05, 0) is 51.4 Å². The summed E-state index contributed by atoms with van der Waals surface area (Å²) in [6.07, 6.45) is 0.332. The van der Waals surface area contributed by atoms with Gasteiger partial charge < -0.3 is 18.2 Å². The van der Waals surface area contributed by atoms with Gasteiger partial charge in [-0.15, -0.1) is 0 Å². The van der Waals surface area contributed by atoms with Gasteiger partial charge in [-0.25, -0.2) is 4.79 Å². The first-order valence-electron chi connectivity index (χ1n) is 11.4. The van der Waals surface area contributed by atoms with Gasteiger partial charge in [-0.2, -0.15) is 0 Å². The third-order valence-corrected chi connectivity index (χ3v) is 12.7. The minimum absolute atomic E-state index is 0.0371. The van der Waals surface area contributed by atoms with Crippen LogP contribution < -0.4 is 11.2 Å². The van der Waals surface area contributed by atoms with Crippen molar-refractivity contribution in [2.75, 3.05) is 13.2 Å². The number of nitrogens with zero attached hydrogens (tertiary/aromatic N) is 1. The quantitative estimate of drug-likeness (QED) is 0.385. The molecule has 1 fully saturated rings. The number of H-pyrrole nitrogens is 1. The molecule has 1 aliphatic heterocycles. The number of hydrogen-bond acceptors (Lipinski definition) is 7. The van der Waals surface area contributed by atoms with Crippen LogP contribution >= 0.6 is 7.60 Å². The van der Waals surface area contributed by atoms with Crippen LogP contribution in [-0.4, -0.2) is 43.3 Å². The summed E-state index contributed by atoms with van der Waals surface area (Å²) in [5, 5.41) is -0.0371. The second-order valence-corrected chi connectivity index (χ2v) is 16.5. The molecule has 9 nitrogen and oxygen atoms in total. The molecular formula is C22H39N2O7PSi. The lowest BCUT2D eigenvalue weighted by Crippen LogP contribution is -2.46. The van der Waals surface area contributed by atoms with Crippen molar-refractivity contribution in [3.63, 3.8) is 0 Å². The van der Waals surface area contributed by atoms with E-state index in [1.54, 1.807) is 27.7 Å².